The predicted molar refractivity (Wildman–Crippen MR) is 110 cm³/mol. The molecule has 0 saturated heterocycles. The summed E-state index contributed by atoms with van der Waals surface area (Å²) < 4.78 is 10.4. The zero-order valence-corrected chi connectivity index (χ0v) is 16.3. The number of carbonyl (C=O) groups is 1. The fraction of sp³-hybridized carbons (Fsp3) is 0.150. The normalized spacial score (nSPS) is 11.0. The van der Waals surface area contributed by atoms with Crippen molar-refractivity contribution in [3.8, 4) is 17.3 Å². The van der Waals surface area contributed by atoms with E-state index in [1.165, 1.54) is 0 Å². The fourth-order valence-electron chi connectivity index (χ4n) is 2.77. The number of carbonyl (C=O) groups excluding carboxylic acids is 1. The van der Waals surface area contributed by atoms with E-state index in [0.29, 0.717) is 46.9 Å². The molecule has 0 atom stereocenters. The Hall–Kier alpha value is -3.36. The van der Waals surface area contributed by atoms with E-state index in [1.54, 1.807) is 31.4 Å². The van der Waals surface area contributed by atoms with Crippen LogP contribution in [0.3, 0.4) is 0 Å². The maximum absolute atomic E-state index is 12.5. The summed E-state index contributed by atoms with van der Waals surface area (Å²) >= 11 is 6.20. The first-order valence-corrected chi connectivity index (χ1v) is 9.25. The summed E-state index contributed by atoms with van der Waals surface area (Å²) in [5.41, 5.74) is 2.83. The molecule has 2 heterocycles. The molecular formula is C20H18ClN5O3. The number of para-hydroxylation sites is 2. The number of rotatable bonds is 7. The maximum atomic E-state index is 12.5. The molecule has 9 heteroatoms. The Labute approximate surface area is 171 Å². The lowest BCUT2D eigenvalue weighted by Gasteiger charge is -2.09. The summed E-state index contributed by atoms with van der Waals surface area (Å²) in [6.07, 6.45) is 0. The van der Waals surface area contributed by atoms with Crippen molar-refractivity contribution in [3.63, 3.8) is 0 Å². The highest BCUT2D eigenvalue weighted by atomic mass is 35.5. The third-order valence-electron chi connectivity index (χ3n) is 4.20. The van der Waals surface area contributed by atoms with E-state index < -0.39 is 0 Å². The monoisotopic (exact) mass is 411 g/mol. The highest BCUT2D eigenvalue weighted by molar-refractivity contribution is 6.32. The lowest BCUT2D eigenvalue weighted by Crippen LogP contribution is -2.12. The molecule has 0 saturated carbocycles. The summed E-state index contributed by atoms with van der Waals surface area (Å²) in [5, 5.41) is 10.1. The number of H-pyrrole nitrogens is 2. The number of hydrogen-bond donors (Lipinski definition) is 3. The number of benzene rings is 2. The molecule has 2 aromatic heterocycles. The molecule has 0 aliphatic rings. The van der Waals surface area contributed by atoms with Crippen LogP contribution >= 0.6 is 11.6 Å². The second kappa shape index (κ2) is 8.34. The van der Waals surface area contributed by atoms with E-state index in [2.05, 4.69) is 25.5 Å². The highest BCUT2D eigenvalue weighted by Gasteiger charge is 2.13. The van der Waals surface area contributed by atoms with Gasteiger partial charge in [0.2, 0.25) is 0 Å². The summed E-state index contributed by atoms with van der Waals surface area (Å²) in [4.78, 5) is 20.2. The molecule has 0 spiro atoms. The molecule has 0 radical (unpaired) electrons. The number of halogens is 1. The molecular weight excluding hydrogens is 394 g/mol. The van der Waals surface area contributed by atoms with Gasteiger partial charge < -0.3 is 19.8 Å². The molecule has 2 aromatic carbocycles. The standard InChI is InChI=1S/C20H18ClN5O3/c1-28-8-9-29-17-7-6-12(10-13(17)21)20(27)24-18-11-16(25-26-18)19-22-14-4-2-3-5-15(14)23-19/h2-7,10-11H,8-9H2,1H3,(H,22,23)(H2,24,25,26,27). The van der Waals surface area contributed by atoms with Crippen molar-refractivity contribution in [2.24, 2.45) is 0 Å². The largest absolute Gasteiger partial charge is 0.490 e. The number of aromatic amines is 2. The van der Waals surface area contributed by atoms with Gasteiger partial charge in [-0.05, 0) is 30.3 Å². The Morgan fingerprint density at radius 1 is 1.17 bits per heavy atom. The van der Waals surface area contributed by atoms with Gasteiger partial charge >= 0.3 is 0 Å². The number of ether oxygens (including phenoxy) is 2. The Balaban J connectivity index is 1.45. The number of amides is 1. The molecule has 8 nitrogen and oxygen atoms in total. The summed E-state index contributed by atoms with van der Waals surface area (Å²) in [7, 11) is 1.59. The number of aromatic nitrogens is 4. The number of nitrogens with zero attached hydrogens (tertiary/aromatic N) is 2. The molecule has 0 aliphatic heterocycles. The van der Waals surface area contributed by atoms with E-state index >= 15 is 0 Å². The highest BCUT2D eigenvalue weighted by Crippen LogP contribution is 2.26. The second-order valence-corrected chi connectivity index (χ2v) is 6.62. The van der Waals surface area contributed by atoms with E-state index in [4.69, 9.17) is 21.1 Å². The van der Waals surface area contributed by atoms with Gasteiger partial charge in [-0.1, -0.05) is 23.7 Å². The number of anilines is 1. The number of nitrogens with one attached hydrogen (secondary N) is 3. The van der Waals surface area contributed by atoms with Crippen molar-refractivity contribution in [3.05, 3.63) is 59.1 Å². The van der Waals surface area contributed by atoms with Gasteiger partial charge in [0.05, 0.1) is 22.7 Å². The van der Waals surface area contributed by atoms with Gasteiger partial charge in [0.25, 0.3) is 5.91 Å². The van der Waals surface area contributed by atoms with Gasteiger partial charge in [0.1, 0.15) is 18.1 Å². The molecule has 0 aliphatic carbocycles. The lowest BCUT2D eigenvalue weighted by atomic mass is 10.2. The van der Waals surface area contributed by atoms with E-state index in [9.17, 15) is 4.79 Å². The first-order valence-electron chi connectivity index (χ1n) is 8.87. The van der Waals surface area contributed by atoms with Crippen LogP contribution in [-0.2, 0) is 4.74 Å². The van der Waals surface area contributed by atoms with Crippen molar-refractivity contribution in [2.45, 2.75) is 0 Å². The Morgan fingerprint density at radius 2 is 2.03 bits per heavy atom. The first-order chi connectivity index (χ1) is 14.1. The summed E-state index contributed by atoms with van der Waals surface area (Å²) in [6, 6.07) is 14.3. The van der Waals surface area contributed by atoms with Gasteiger partial charge in [-0.25, -0.2) is 4.98 Å². The van der Waals surface area contributed by atoms with Gasteiger partial charge in [0.15, 0.2) is 11.6 Å². The maximum Gasteiger partial charge on any atom is 0.256 e. The molecule has 1 amide bonds. The van der Waals surface area contributed by atoms with Crippen LogP contribution < -0.4 is 10.1 Å². The third kappa shape index (κ3) is 4.23. The minimum atomic E-state index is -0.335. The number of imidazole rings is 1. The number of hydrogen-bond acceptors (Lipinski definition) is 5. The van der Waals surface area contributed by atoms with Crippen molar-refractivity contribution < 1.29 is 14.3 Å². The van der Waals surface area contributed by atoms with Crippen LogP contribution in [0.5, 0.6) is 5.75 Å². The molecule has 148 valence electrons. The van der Waals surface area contributed by atoms with Crippen LogP contribution in [0, 0.1) is 0 Å². The van der Waals surface area contributed by atoms with Crippen LogP contribution in [0.15, 0.2) is 48.5 Å². The average Bonchev–Trinajstić information content (AvgIpc) is 3.36. The van der Waals surface area contributed by atoms with Gasteiger partial charge in [-0.15, -0.1) is 0 Å². The molecule has 0 unspecified atom stereocenters. The molecule has 4 rings (SSSR count). The minimum Gasteiger partial charge on any atom is -0.490 e. The molecule has 4 aromatic rings. The second-order valence-electron chi connectivity index (χ2n) is 6.21. The zero-order valence-electron chi connectivity index (χ0n) is 15.5. The zero-order chi connectivity index (χ0) is 20.2. The lowest BCUT2D eigenvalue weighted by molar-refractivity contribution is 0.102. The Morgan fingerprint density at radius 3 is 2.83 bits per heavy atom. The quantitative estimate of drug-likeness (QED) is 0.400. The topological polar surface area (TPSA) is 105 Å². The fourth-order valence-corrected chi connectivity index (χ4v) is 3.01. The molecule has 3 N–H and O–H groups in total. The molecule has 29 heavy (non-hydrogen) atoms. The van der Waals surface area contributed by atoms with E-state index in [0.717, 1.165) is 11.0 Å². The molecule has 0 bridgehead atoms. The summed E-state index contributed by atoms with van der Waals surface area (Å²) in [5.74, 6) is 1.17. The van der Waals surface area contributed by atoms with Crippen molar-refractivity contribution in [1.29, 1.82) is 0 Å². The van der Waals surface area contributed by atoms with Gasteiger partial charge in [-0.2, -0.15) is 5.10 Å². The van der Waals surface area contributed by atoms with Gasteiger partial charge in [0, 0.05) is 18.7 Å². The van der Waals surface area contributed by atoms with Crippen molar-refractivity contribution >= 4 is 34.4 Å². The first kappa shape index (κ1) is 19.0. The SMILES string of the molecule is COCCOc1ccc(C(=O)Nc2cc(-c3nc4ccccc4[nH]3)[nH]n2)cc1Cl. The summed E-state index contributed by atoms with van der Waals surface area (Å²) in [6.45, 7) is 0.824. The van der Waals surface area contributed by atoms with Crippen LogP contribution in [0.2, 0.25) is 5.02 Å². The predicted octanol–water partition coefficient (Wildman–Crippen LogP) is 3.88. The van der Waals surface area contributed by atoms with Crippen LogP contribution in [0.4, 0.5) is 5.82 Å². The minimum absolute atomic E-state index is 0.335. The van der Waals surface area contributed by atoms with E-state index in [-0.39, 0.29) is 5.91 Å². The average molecular weight is 412 g/mol. The van der Waals surface area contributed by atoms with Gasteiger partial charge in [-0.3, -0.25) is 9.89 Å². The third-order valence-corrected chi connectivity index (χ3v) is 4.50. The number of fused-ring (bicyclic) bond motifs is 1. The Kier molecular flexibility index (Phi) is 5.46. The van der Waals surface area contributed by atoms with Crippen LogP contribution in [-0.4, -0.2) is 46.4 Å². The Bertz CT molecular complexity index is 1120. The smallest absolute Gasteiger partial charge is 0.256 e. The van der Waals surface area contributed by atoms with Crippen LogP contribution in [0.1, 0.15) is 10.4 Å². The van der Waals surface area contributed by atoms with E-state index in [1.807, 2.05) is 24.3 Å². The van der Waals surface area contributed by atoms with Crippen LogP contribution in [0.25, 0.3) is 22.6 Å². The number of methoxy groups -OCH3 is 1. The van der Waals surface area contributed by atoms with Crippen molar-refractivity contribution in [1.82, 2.24) is 20.2 Å². The van der Waals surface area contributed by atoms with Crippen molar-refractivity contribution in [2.75, 3.05) is 25.6 Å². The molecule has 0 fully saturated rings.